The van der Waals surface area contributed by atoms with Crippen LogP contribution in [0.1, 0.15) is 40.9 Å². The van der Waals surface area contributed by atoms with Crippen LogP contribution in [0.4, 0.5) is 10.7 Å². The van der Waals surface area contributed by atoms with Gasteiger partial charge in [-0.25, -0.2) is 0 Å². The van der Waals surface area contributed by atoms with Crippen LogP contribution >= 0.6 is 11.3 Å². The molecule has 20 heavy (non-hydrogen) atoms. The molecule has 0 radical (unpaired) electrons. The molecule has 2 fully saturated rings. The fourth-order valence-electron chi connectivity index (χ4n) is 2.73. The highest BCUT2D eigenvalue weighted by atomic mass is 32.1. The number of carbonyl (C=O) groups is 1. The Labute approximate surface area is 123 Å². The third-order valence-corrected chi connectivity index (χ3v) is 5.19. The zero-order chi connectivity index (χ0) is 14.3. The molecule has 1 unspecified atom stereocenters. The molecule has 0 spiro atoms. The Morgan fingerprint density at radius 3 is 2.85 bits per heavy atom. The monoisotopic (exact) mass is 295 g/mol. The minimum Gasteiger partial charge on any atom is -0.397 e. The molecule has 110 valence electrons. The smallest absolute Gasteiger partial charge is 0.263 e. The van der Waals surface area contributed by atoms with Crippen molar-refractivity contribution >= 4 is 27.9 Å². The lowest BCUT2D eigenvalue weighted by Gasteiger charge is -2.32. The highest BCUT2D eigenvalue weighted by Gasteiger charge is 2.35. The number of hydrogen-bond acceptors (Lipinski definition) is 5. The van der Waals surface area contributed by atoms with Gasteiger partial charge in [0.15, 0.2) is 0 Å². The summed E-state index contributed by atoms with van der Waals surface area (Å²) in [5.41, 5.74) is 8.14. The van der Waals surface area contributed by atoms with Crippen LogP contribution in [-0.4, -0.2) is 38.8 Å². The Hall–Kier alpha value is -1.27. The average Bonchev–Trinajstić information content (AvgIpc) is 3.21. The predicted octanol–water partition coefficient (Wildman–Crippen LogP) is 1.79. The first kappa shape index (κ1) is 13.7. The molecule has 5 nitrogen and oxygen atoms in total. The minimum absolute atomic E-state index is 0.0815. The number of hydrogen-bond donors (Lipinski definition) is 2. The number of nitrogens with two attached hydrogens (primary N) is 1. The summed E-state index contributed by atoms with van der Waals surface area (Å²) in [5, 5.41) is 3.86. The molecule has 1 aromatic heterocycles. The predicted molar refractivity (Wildman–Crippen MR) is 81.7 cm³/mol. The van der Waals surface area contributed by atoms with Crippen LogP contribution in [-0.2, 0) is 4.74 Å². The third kappa shape index (κ3) is 2.38. The van der Waals surface area contributed by atoms with E-state index in [1.165, 1.54) is 34.7 Å². The molecule has 1 amide bonds. The Morgan fingerprint density at radius 2 is 2.25 bits per heavy atom. The number of nitrogen functional groups attached to an aromatic ring is 1. The number of rotatable bonds is 3. The van der Waals surface area contributed by atoms with Gasteiger partial charge in [0.05, 0.1) is 23.4 Å². The minimum atomic E-state index is -0.0815. The number of nitrogens with zero attached hydrogens (tertiary/aromatic N) is 1. The van der Waals surface area contributed by atoms with Gasteiger partial charge in [-0.2, -0.15) is 0 Å². The van der Waals surface area contributed by atoms with E-state index < -0.39 is 0 Å². The molecular formula is C14H21N3O2S. The molecule has 1 saturated heterocycles. The van der Waals surface area contributed by atoms with Crippen molar-refractivity contribution in [2.24, 2.45) is 0 Å². The molecule has 6 heteroatoms. The first-order valence-corrected chi connectivity index (χ1v) is 7.94. The largest absolute Gasteiger partial charge is 0.397 e. The number of thiophene rings is 1. The average molecular weight is 295 g/mol. The summed E-state index contributed by atoms with van der Waals surface area (Å²) in [6, 6.07) is 0. The number of nitrogens with one attached hydrogen (secondary N) is 1. The van der Waals surface area contributed by atoms with Crippen molar-refractivity contribution in [1.82, 2.24) is 5.32 Å². The topological polar surface area (TPSA) is 67.6 Å². The van der Waals surface area contributed by atoms with Gasteiger partial charge in [-0.05, 0) is 25.7 Å². The molecule has 2 aliphatic rings. The molecular weight excluding hydrogens is 274 g/mol. The van der Waals surface area contributed by atoms with Crippen LogP contribution in [0.2, 0.25) is 0 Å². The van der Waals surface area contributed by atoms with E-state index in [4.69, 9.17) is 10.5 Å². The van der Waals surface area contributed by atoms with Crippen LogP contribution in [0.3, 0.4) is 0 Å². The van der Waals surface area contributed by atoms with E-state index in [1.54, 1.807) is 7.05 Å². The van der Waals surface area contributed by atoms with Crippen molar-refractivity contribution in [2.75, 3.05) is 37.4 Å². The van der Waals surface area contributed by atoms with E-state index in [1.807, 2.05) is 0 Å². The second kappa shape index (κ2) is 5.26. The molecule has 2 heterocycles. The van der Waals surface area contributed by atoms with E-state index >= 15 is 0 Å². The molecule has 0 aromatic carbocycles. The number of carbonyl (C=O) groups excluding carboxylic acids is 1. The van der Waals surface area contributed by atoms with Crippen LogP contribution < -0.4 is 16.0 Å². The molecule has 0 bridgehead atoms. The Kier molecular flexibility index (Phi) is 3.60. The number of morpholine rings is 1. The van der Waals surface area contributed by atoms with Gasteiger partial charge in [-0.15, -0.1) is 11.3 Å². The Morgan fingerprint density at radius 1 is 1.50 bits per heavy atom. The molecule has 3 N–H and O–H groups in total. The van der Waals surface area contributed by atoms with Gasteiger partial charge in [-0.3, -0.25) is 4.79 Å². The van der Waals surface area contributed by atoms with Gasteiger partial charge in [0.2, 0.25) is 0 Å². The molecule has 1 aromatic rings. The summed E-state index contributed by atoms with van der Waals surface area (Å²) < 4.78 is 5.60. The van der Waals surface area contributed by atoms with Crippen LogP contribution in [0.5, 0.6) is 0 Å². The van der Waals surface area contributed by atoms with Crippen molar-refractivity contribution in [3.63, 3.8) is 0 Å². The maximum atomic E-state index is 12.0. The van der Waals surface area contributed by atoms with E-state index in [-0.39, 0.29) is 12.0 Å². The maximum absolute atomic E-state index is 12.0. The molecule has 3 rings (SSSR count). The molecule has 1 atom stereocenters. The Bertz CT molecular complexity index is 525. The summed E-state index contributed by atoms with van der Waals surface area (Å²) in [7, 11) is 1.65. The van der Waals surface area contributed by atoms with Gasteiger partial charge >= 0.3 is 0 Å². The fraction of sp³-hybridized carbons (Fsp3) is 0.643. The summed E-state index contributed by atoms with van der Waals surface area (Å²) >= 11 is 1.53. The Balaban J connectivity index is 1.98. The summed E-state index contributed by atoms with van der Waals surface area (Å²) in [6.45, 7) is 4.56. The van der Waals surface area contributed by atoms with Gasteiger partial charge in [0.25, 0.3) is 5.91 Å². The van der Waals surface area contributed by atoms with Crippen molar-refractivity contribution in [3.05, 3.63) is 10.4 Å². The standard InChI is InChI=1S/C14H21N3O2S/c1-8-7-17(5-6-19-8)14-10(9-3-4-9)11(15)12(20-14)13(18)16-2/h8-9H,3-7,15H2,1-2H3,(H,16,18). The zero-order valence-electron chi connectivity index (χ0n) is 11.9. The van der Waals surface area contributed by atoms with Crippen LogP contribution in [0.15, 0.2) is 0 Å². The quantitative estimate of drug-likeness (QED) is 0.892. The zero-order valence-corrected chi connectivity index (χ0v) is 12.8. The van der Waals surface area contributed by atoms with E-state index in [2.05, 4.69) is 17.1 Å². The molecule has 1 saturated carbocycles. The van der Waals surface area contributed by atoms with Crippen molar-refractivity contribution in [3.8, 4) is 0 Å². The van der Waals surface area contributed by atoms with Gasteiger partial charge in [-0.1, -0.05) is 0 Å². The lowest BCUT2D eigenvalue weighted by molar-refractivity contribution is 0.0534. The highest BCUT2D eigenvalue weighted by Crippen LogP contribution is 2.52. The lowest BCUT2D eigenvalue weighted by Crippen LogP contribution is -2.41. The van der Waals surface area contributed by atoms with E-state index in [0.717, 1.165) is 19.7 Å². The second-order valence-corrected chi connectivity index (χ2v) is 6.54. The first-order valence-electron chi connectivity index (χ1n) is 7.12. The van der Waals surface area contributed by atoms with Crippen molar-refractivity contribution in [2.45, 2.75) is 31.8 Å². The van der Waals surface area contributed by atoms with Crippen molar-refractivity contribution in [1.29, 1.82) is 0 Å². The van der Waals surface area contributed by atoms with Crippen molar-refractivity contribution < 1.29 is 9.53 Å². The number of ether oxygens (including phenoxy) is 1. The number of anilines is 2. The second-order valence-electron chi connectivity index (χ2n) is 5.54. The summed E-state index contributed by atoms with van der Waals surface area (Å²) in [4.78, 5) is 15.0. The van der Waals surface area contributed by atoms with Crippen LogP contribution in [0.25, 0.3) is 0 Å². The highest BCUT2D eigenvalue weighted by molar-refractivity contribution is 7.18. The van der Waals surface area contributed by atoms with E-state index in [0.29, 0.717) is 16.5 Å². The maximum Gasteiger partial charge on any atom is 0.263 e. The SMILES string of the molecule is CNC(=O)c1sc(N2CCOC(C)C2)c(C2CC2)c1N. The third-order valence-electron chi connectivity index (χ3n) is 3.91. The summed E-state index contributed by atoms with van der Waals surface area (Å²) in [6.07, 6.45) is 2.59. The molecule has 1 aliphatic heterocycles. The summed E-state index contributed by atoms with van der Waals surface area (Å²) in [5.74, 6) is 0.458. The van der Waals surface area contributed by atoms with E-state index in [9.17, 15) is 4.79 Å². The first-order chi connectivity index (χ1) is 9.61. The van der Waals surface area contributed by atoms with Gasteiger partial charge in [0, 0.05) is 25.7 Å². The molecule has 1 aliphatic carbocycles. The number of amides is 1. The lowest BCUT2D eigenvalue weighted by atomic mass is 10.1. The van der Waals surface area contributed by atoms with Crippen LogP contribution in [0, 0.1) is 0 Å². The van der Waals surface area contributed by atoms with Gasteiger partial charge in [0.1, 0.15) is 4.88 Å². The normalized spacial score (nSPS) is 22.9. The van der Waals surface area contributed by atoms with Gasteiger partial charge < -0.3 is 20.7 Å². The fourth-order valence-corrected chi connectivity index (χ4v) is 4.02.